The Kier molecular flexibility index (Phi) is 3.38. The first kappa shape index (κ1) is 11.7. The average molecular weight is 285 g/mol. The highest BCUT2D eigenvalue weighted by Gasteiger charge is 2.23. The molecule has 0 unspecified atom stereocenters. The van der Waals surface area contributed by atoms with Crippen LogP contribution >= 0.6 is 15.9 Å². The Balaban J connectivity index is 2.10. The molecule has 1 fully saturated rings. The minimum absolute atomic E-state index is 0.153. The van der Waals surface area contributed by atoms with Crippen LogP contribution in [0.25, 0.3) is 0 Å². The average Bonchev–Trinajstić information content (AvgIpc) is 2.58. The summed E-state index contributed by atoms with van der Waals surface area (Å²) < 4.78 is 2.84. The molecule has 1 saturated heterocycles. The van der Waals surface area contributed by atoms with E-state index in [1.165, 1.54) is 0 Å². The molecule has 16 heavy (non-hydrogen) atoms. The van der Waals surface area contributed by atoms with Gasteiger partial charge in [0.25, 0.3) is 5.91 Å². The fourth-order valence-electron chi connectivity index (χ4n) is 2.11. The fraction of sp³-hybridized carbons (Fsp3) is 0.583. The summed E-state index contributed by atoms with van der Waals surface area (Å²) in [7, 11) is 1.91. The molecule has 1 amide bonds. The number of halogens is 1. The molecule has 0 aromatic carbocycles. The number of aryl methyl sites for hydroxylation is 1. The first-order chi connectivity index (χ1) is 7.58. The van der Waals surface area contributed by atoms with E-state index >= 15 is 0 Å². The molecule has 1 aromatic rings. The predicted octanol–water partition coefficient (Wildman–Crippen LogP) is 2.66. The molecule has 0 N–H and O–H groups in total. The van der Waals surface area contributed by atoms with E-state index in [9.17, 15) is 4.79 Å². The molecular formula is C12H17BrN2O. The molecule has 0 spiro atoms. The zero-order valence-electron chi connectivity index (χ0n) is 9.74. The number of likely N-dealkylation sites (tertiary alicyclic amines) is 1. The van der Waals surface area contributed by atoms with E-state index < -0.39 is 0 Å². The summed E-state index contributed by atoms with van der Waals surface area (Å²) in [6, 6.07) is 1.89. The highest BCUT2D eigenvalue weighted by Crippen LogP contribution is 2.20. The standard InChI is InChI=1S/C12H17BrN2O/c1-9-3-5-15(6-4-9)12(16)11-7-10(13)8-14(11)2/h7-9H,3-6H2,1-2H3. The Morgan fingerprint density at radius 2 is 2.06 bits per heavy atom. The molecular weight excluding hydrogens is 268 g/mol. The number of carbonyl (C=O) groups is 1. The topological polar surface area (TPSA) is 25.2 Å². The molecule has 0 radical (unpaired) electrons. The van der Waals surface area contributed by atoms with E-state index in [1.807, 2.05) is 28.8 Å². The van der Waals surface area contributed by atoms with E-state index in [-0.39, 0.29) is 5.91 Å². The van der Waals surface area contributed by atoms with Crippen LogP contribution in [0.3, 0.4) is 0 Å². The van der Waals surface area contributed by atoms with Crippen molar-refractivity contribution in [2.45, 2.75) is 19.8 Å². The van der Waals surface area contributed by atoms with Gasteiger partial charge in [-0.05, 0) is 40.8 Å². The van der Waals surface area contributed by atoms with Gasteiger partial charge in [0, 0.05) is 30.8 Å². The summed E-state index contributed by atoms with van der Waals surface area (Å²) in [6.45, 7) is 4.03. The van der Waals surface area contributed by atoms with Gasteiger partial charge in [0.1, 0.15) is 5.69 Å². The maximum absolute atomic E-state index is 12.2. The van der Waals surface area contributed by atoms with Gasteiger partial charge in [0.05, 0.1) is 0 Å². The number of hydrogen-bond acceptors (Lipinski definition) is 1. The summed E-state index contributed by atoms with van der Waals surface area (Å²) in [5.74, 6) is 0.907. The van der Waals surface area contributed by atoms with Gasteiger partial charge in [0.15, 0.2) is 0 Å². The third kappa shape index (κ3) is 2.32. The van der Waals surface area contributed by atoms with Crippen molar-refractivity contribution in [1.82, 2.24) is 9.47 Å². The lowest BCUT2D eigenvalue weighted by Gasteiger charge is -2.30. The number of piperidine rings is 1. The van der Waals surface area contributed by atoms with Crippen molar-refractivity contribution < 1.29 is 4.79 Å². The Bertz CT molecular complexity index is 392. The van der Waals surface area contributed by atoms with Crippen molar-refractivity contribution in [2.24, 2.45) is 13.0 Å². The van der Waals surface area contributed by atoms with E-state index in [4.69, 9.17) is 0 Å². The molecule has 0 aliphatic carbocycles. The van der Waals surface area contributed by atoms with Crippen LogP contribution in [-0.4, -0.2) is 28.5 Å². The number of aromatic nitrogens is 1. The van der Waals surface area contributed by atoms with Crippen LogP contribution in [0.2, 0.25) is 0 Å². The molecule has 2 rings (SSSR count). The van der Waals surface area contributed by atoms with E-state index in [0.717, 1.165) is 42.0 Å². The monoisotopic (exact) mass is 284 g/mol. The van der Waals surface area contributed by atoms with Crippen molar-refractivity contribution >= 4 is 21.8 Å². The SMILES string of the molecule is CC1CCN(C(=O)c2cc(Br)cn2C)CC1. The quantitative estimate of drug-likeness (QED) is 0.778. The van der Waals surface area contributed by atoms with Crippen LogP contribution in [0.5, 0.6) is 0 Å². The number of rotatable bonds is 1. The minimum Gasteiger partial charge on any atom is -0.345 e. The molecule has 3 nitrogen and oxygen atoms in total. The van der Waals surface area contributed by atoms with Crippen molar-refractivity contribution in [3.05, 3.63) is 22.4 Å². The second-order valence-corrected chi connectivity index (χ2v) is 5.54. The molecule has 0 atom stereocenters. The van der Waals surface area contributed by atoms with Crippen molar-refractivity contribution in [1.29, 1.82) is 0 Å². The highest BCUT2D eigenvalue weighted by molar-refractivity contribution is 9.10. The van der Waals surface area contributed by atoms with Crippen LogP contribution < -0.4 is 0 Å². The van der Waals surface area contributed by atoms with Gasteiger partial charge in [-0.1, -0.05) is 6.92 Å². The molecule has 1 aromatic heterocycles. The second kappa shape index (κ2) is 4.62. The second-order valence-electron chi connectivity index (χ2n) is 4.63. The molecule has 0 saturated carbocycles. The largest absolute Gasteiger partial charge is 0.345 e. The molecule has 1 aliphatic heterocycles. The Labute approximate surface area is 105 Å². The highest BCUT2D eigenvalue weighted by atomic mass is 79.9. The summed E-state index contributed by atoms with van der Waals surface area (Å²) in [4.78, 5) is 14.2. The maximum atomic E-state index is 12.2. The fourth-order valence-corrected chi connectivity index (χ4v) is 2.63. The summed E-state index contributed by atoms with van der Waals surface area (Å²) >= 11 is 3.39. The smallest absolute Gasteiger partial charge is 0.270 e. The van der Waals surface area contributed by atoms with Crippen LogP contribution in [0.4, 0.5) is 0 Å². The number of hydrogen-bond donors (Lipinski definition) is 0. The van der Waals surface area contributed by atoms with Crippen molar-refractivity contribution in [2.75, 3.05) is 13.1 Å². The van der Waals surface area contributed by atoms with E-state index in [2.05, 4.69) is 22.9 Å². The third-order valence-electron chi connectivity index (χ3n) is 3.26. The Morgan fingerprint density at radius 3 is 2.56 bits per heavy atom. The van der Waals surface area contributed by atoms with E-state index in [0.29, 0.717) is 0 Å². The molecule has 2 heterocycles. The lowest BCUT2D eigenvalue weighted by atomic mass is 9.99. The minimum atomic E-state index is 0.153. The lowest BCUT2D eigenvalue weighted by Crippen LogP contribution is -2.38. The maximum Gasteiger partial charge on any atom is 0.270 e. The first-order valence-corrected chi connectivity index (χ1v) is 6.48. The van der Waals surface area contributed by atoms with Gasteiger partial charge in [0.2, 0.25) is 0 Å². The predicted molar refractivity (Wildman–Crippen MR) is 67.4 cm³/mol. The molecule has 88 valence electrons. The van der Waals surface area contributed by atoms with Crippen molar-refractivity contribution in [3.63, 3.8) is 0 Å². The normalized spacial score (nSPS) is 17.8. The summed E-state index contributed by atoms with van der Waals surface area (Å²) in [5.41, 5.74) is 0.765. The van der Waals surface area contributed by atoms with Gasteiger partial charge in [-0.2, -0.15) is 0 Å². The molecule has 4 heteroatoms. The lowest BCUT2D eigenvalue weighted by molar-refractivity contribution is 0.0687. The number of nitrogens with zero attached hydrogens (tertiary/aromatic N) is 2. The van der Waals surface area contributed by atoms with Gasteiger partial charge in [-0.3, -0.25) is 4.79 Å². The summed E-state index contributed by atoms with van der Waals surface area (Å²) in [6.07, 6.45) is 4.16. The Hall–Kier alpha value is -0.770. The molecule has 0 bridgehead atoms. The van der Waals surface area contributed by atoms with Crippen LogP contribution in [0.15, 0.2) is 16.7 Å². The van der Waals surface area contributed by atoms with Crippen molar-refractivity contribution in [3.8, 4) is 0 Å². The molecule has 1 aliphatic rings. The van der Waals surface area contributed by atoms with Gasteiger partial charge >= 0.3 is 0 Å². The third-order valence-corrected chi connectivity index (χ3v) is 3.70. The van der Waals surface area contributed by atoms with Gasteiger partial charge in [-0.15, -0.1) is 0 Å². The van der Waals surface area contributed by atoms with Crippen LogP contribution in [-0.2, 0) is 7.05 Å². The summed E-state index contributed by atoms with van der Waals surface area (Å²) in [5, 5.41) is 0. The number of carbonyl (C=O) groups excluding carboxylic acids is 1. The van der Waals surface area contributed by atoms with E-state index in [1.54, 1.807) is 0 Å². The zero-order valence-corrected chi connectivity index (χ0v) is 11.3. The number of amides is 1. The van der Waals surface area contributed by atoms with Crippen LogP contribution in [0.1, 0.15) is 30.3 Å². The van der Waals surface area contributed by atoms with Crippen LogP contribution in [0, 0.1) is 5.92 Å². The van der Waals surface area contributed by atoms with Gasteiger partial charge in [-0.25, -0.2) is 0 Å². The van der Waals surface area contributed by atoms with Gasteiger partial charge < -0.3 is 9.47 Å². The first-order valence-electron chi connectivity index (χ1n) is 5.69. The zero-order chi connectivity index (χ0) is 11.7. The Morgan fingerprint density at radius 1 is 1.44 bits per heavy atom.